The van der Waals surface area contributed by atoms with Crippen molar-refractivity contribution in [3.05, 3.63) is 53.6 Å². The molecule has 1 atom stereocenters. The van der Waals surface area contributed by atoms with Gasteiger partial charge in [0.05, 0.1) is 17.0 Å². The van der Waals surface area contributed by atoms with Crippen LogP contribution in [-0.4, -0.2) is 17.3 Å². The Balaban J connectivity index is 1.98. The van der Waals surface area contributed by atoms with E-state index >= 15 is 0 Å². The fourth-order valence-corrected chi connectivity index (χ4v) is 3.80. The molecule has 0 fully saturated rings. The number of amides is 1. The number of carbonyl (C=O) groups is 1. The van der Waals surface area contributed by atoms with Gasteiger partial charge >= 0.3 is 0 Å². The maximum Gasteiger partial charge on any atom is 0.217 e. The van der Waals surface area contributed by atoms with Crippen LogP contribution in [0.15, 0.2) is 42.2 Å². The van der Waals surface area contributed by atoms with Gasteiger partial charge in [0, 0.05) is 19.0 Å². The number of halogens is 1. The number of carbonyl (C=O) groups excluding carboxylic acids is 1. The van der Waals surface area contributed by atoms with Crippen LogP contribution in [0.2, 0.25) is 0 Å². The average molecular weight is 379 g/mol. The first kappa shape index (κ1) is 20.4. The Hall–Kier alpha value is -1.95. The van der Waals surface area contributed by atoms with Crippen LogP contribution in [0.25, 0.3) is 0 Å². The van der Waals surface area contributed by atoms with E-state index < -0.39 is 0 Å². The number of nitrogens with one attached hydrogen (secondary N) is 2. The highest BCUT2D eigenvalue weighted by atomic mass is 32.2. The van der Waals surface area contributed by atoms with Crippen molar-refractivity contribution >= 4 is 23.5 Å². The van der Waals surface area contributed by atoms with Crippen LogP contribution >= 0.6 is 11.9 Å². The molecule has 1 aliphatic carbocycles. The second kappa shape index (κ2) is 9.67. The summed E-state index contributed by atoms with van der Waals surface area (Å²) in [6.45, 7) is 9.77. The Bertz CT molecular complexity index is 688. The van der Waals surface area contributed by atoms with Gasteiger partial charge in [-0.1, -0.05) is 18.7 Å². The van der Waals surface area contributed by atoms with Crippen LogP contribution < -0.4 is 10.0 Å². The third-order valence-electron chi connectivity index (χ3n) is 3.97. The van der Waals surface area contributed by atoms with Gasteiger partial charge in [-0.15, -0.1) is 0 Å². The molecule has 2 N–H and O–H groups in total. The van der Waals surface area contributed by atoms with Gasteiger partial charge < -0.3 is 14.8 Å². The number of hydrogen-bond acceptors (Lipinski definition) is 4. The summed E-state index contributed by atoms with van der Waals surface area (Å²) in [5.74, 6) is 0.229. The standard InChI is InChI=1S/C20H27FN2O2S/c1-13(2)25-14(3)17-7-5-6-8-20(17)26-23-19-10-9-16(11-18(19)21)12-22-15(4)24/h7,9-11,13,20,23H,3,5-6,8,12H2,1-2,4H3,(H,22,24). The van der Waals surface area contributed by atoms with Gasteiger partial charge in [0.25, 0.3) is 0 Å². The van der Waals surface area contributed by atoms with Crippen LogP contribution in [0.3, 0.4) is 0 Å². The predicted molar refractivity (Wildman–Crippen MR) is 106 cm³/mol. The normalized spacial score (nSPS) is 16.8. The Kier molecular flexibility index (Phi) is 7.57. The summed E-state index contributed by atoms with van der Waals surface area (Å²) in [5.41, 5.74) is 2.25. The summed E-state index contributed by atoms with van der Waals surface area (Å²) in [6, 6.07) is 4.95. The van der Waals surface area contributed by atoms with Crippen molar-refractivity contribution in [2.75, 3.05) is 4.72 Å². The van der Waals surface area contributed by atoms with Gasteiger partial charge in [0.1, 0.15) is 11.6 Å². The zero-order valence-corrected chi connectivity index (χ0v) is 16.4. The van der Waals surface area contributed by atoms with Crippen LogP contribution in [-0.2, 0) is 16.1 Å². The predicted octanol–water partition coefficient (Wildman–Crippen LogP) is 4.94. The monoisotopic (exact) mass is 378 g/mol. The van der Waals surface area contributed by atoms with E-state index in [1.807, 2.05) is 13.8 Å². The van der Waals surface area contributed by atoms with Crippen LogP contribution in [0.4, 0.5) is 10.1 Å². The number of ether oxygens (including phenoxy) is 1. The van der Waals surface area contributed by atoms with E-state index in [2.05, 4.69) is 22.7 Å². The third-order valence-corrected chi connectivity index (χ3v) is 5.08. The highest BCUT2D eigenvalue weighted by Gasteiger charge is 2.22. The van der Waals surface area contributed by atoms with Crippen LogP contribution in [0, 0.1) is 5.82 Å². The fraction of sp³-hybridized carbons (Fsp3) is 0.450. The first-order valence-electron chi connectivity index (χ1n) is 8.87. The second-order valence-corrected chi connectivity index (χ2v) is 7.62. The Labute approximate surface area is 159 Å². The van der Waals surface area contributed by atoms with Crippen LogP contribution in [0.5, 0.6) is 0 Å². The molecular formula is C20H27FN2O2S. The molecule has 0 saturated carbocycles. The molecule has 0 radical (unpaired) electrons. The van der Waals surface area contributed by atoms with Gasteiger partial charge in [0.15, 0.2) is 0 Å². The molecule has 0 bridgehead atoms. The Morgan fingerprint density at radius 1 is 1.46 bits per heavy atom. The number of hydrogen-bond donors (Lipinski definition) is 2. The summed E-state index contributed by atoms with van der Waals surface area (Å²) >= 11 is 1.48. The largest absolute Gasteiger partial charge is 0.491 e. The topological polar surface area (TPSA) is 50.4 Å². The lowest BCUT2D eigenvalue weighted by Crippen LogP contribution is -2.19. The van der Waals surface area contributed by atoms with Crippen molar-refractivity contribution in [1.82, 2.24) is 5.32 Å². The SMILES string of the molecule is C=C(OC(C)C)C1=CCCCC1SNc1ccc(CNC(C)=O)cc1F. The molecule has 1 aromatic rings. The minimum absolute atomic E-state index is 0.0811. The van der Waals surface area contributed by atoms with Gasteiger partial charge in [-0.2, -0.15) is 0 Å². The zero-order chi connectivity index (χ0) is 19.1. The molecule has 0 spiro atoms. The highest BCUT2D eigenvalue weighted by Crippen LogP contribution is 2.34. The van der Waals surface area contributed by atoms with Crippen molar-refractivity contribution < 1.29 is 13.9 Å². The van der Waals surface area contributed by atoms with Crippen molar-refractivity contribution in [2.45, 2.75) is 57.9 Å². The second-order valence-electron chi connectivity index (χ2n) is 6.61. The molecule has 0 aliphatic heterocycles. The maximum atomic E-state index is 14.3. The fourth-order valence-electron chi connectivity index (χ4n) is 2.73. The summed E-state index contributed by atoms with van der Waals surface area (Å²) in [6.07, 6.45) is 5.35. The molecule has 0 saturated heterocycles. The lowest BCUT2D eigenvalue weighted by molar-refractivity contribution is -0.119. The first-order chi connectivity index (χ1) is 12.4. The lowest BCUT2D eigenvalue weighted by atomic mass is 9.98. The molecule has 142 valence electrons. The van der Waals surface area contributed by atoms with Gasteiger partial charge in [-0.05, 0) is 62.8 Å². The van der Waals surface area contributed by atoms with Gasteiger partial charge in [-0.3, -0.25) is 4.79 Å². The zero-order valence-electron chi connectivity index (χ0n) is 15.6. The maximum absolute atomic E-state index is 14.3. The van der Waals surface area contributed by atoms with E-state index in [1.54, 1.807) is 12.1 Å². The molecule has 4 nitrogen and oxygen atoms in total. The van der Waals surface area contributed by atoms with E-state index in [4.69, 9.17) is 4.74 Å². The first-order valence-corrected chi connectivity index (χ1v) is 9.75. The van der Waals surface area contributed by atoms with E-state index in [1.165, 1.54) is 24.9 Å². The molecular weight excluding hydrogens is 351 g/mol. The molecule has 0 aromatic heterocycles. The summed E-state index contributed by atoms with van der Waals surface area (Å²) in [7, 11) is 0. The molecule has 1 unspecified atom stereocenters. The molecule has 1 amide bonds. The minimum Gasteiger partial charge on any atom is -0.491 e. The summed E-state index contributed by atoms with van der Waals surface area (Å²) in [4.78, 5) is 11.0. The average Bonchev–Trinajstić information content (AvgIpc) is 2.58. The molecule has 0 heterocycles. The Morgan fingerprint density at radius 3 is 2.88 bits per heavy atom. The number of allylic oxidation sites excluding steroid dienone is 2. The van der Waals surface area contributed by atoms with Crippen molar-refractivity contribution in [3.63, 3.8) is 0 Å². The number of rotatable bonds is 8. The van der Waals surface area contributed by atoms with Crippen molar-refractivity contribution in [2.24, 2.45) is 0 Å². The quantitative estimate of drug-likeness (QED) is 0.497. The van der Waals surface area contributed by atoms with E-state index in [0.29, 0.717) is 18.0 Å². The van der Waals surface area contributed by atoms with Gasteiger partial charge in [0.2, 0.25) is 5.91 Å². The summed E-state index contributed by atoms with van der Waals surface area (Å²) < 4.78 is 23.2. The number of anilines is 1. The highest BCUT2D eigenvalue weighted by molar-refractivity contribution is 8.01. The number of benzene rings is 1. The van der Waals surface area contributed by atoms with E-state index in [-0.39, 0.29) is 23.1 Å². The third kappa shape index (κ3) is 6.09. The summed E-state index contributed by atoms with van der Waals surface area (Å²) in [5, 5.41) is 2.84. The lowest BCUT2D eigenvalue weighted by Gasteiger charge is -2.26. The van der Waals surface area contributed by atoms with E-state index in [0.717, 1.165) is 30.4 Å². The van der Waals surface area contributed by atoms with Gasteiger partial charge in [-0.25, -0.2) is 4.39 Å². The smallest absolute Gasteiger partial charge is 0.217 e. The van der Waals surface area contributed by atoms with Crippen molar-refractivity contribution in [3.8, 4) is 0 Å². The van der Waals surface area contributed by atoms with Crippen LogP contribution in [0.1, 0.15) is 45.6 Å². The Morgan fingerprint density at radius 2 is 2.23 bits per heavy atom. The minimum atomic E-state index is -0.334. The molecule has 1 aliphatic rings. The molecule has 26 heavy (non-hydrogen) atoms. The van der Waals surface area contributed by atoms with E-state index in [9.17, 15) is 9.18 Å². The molecule has 1 aromatic carbocycles. The molecule has 2 rings (SSSR count). The molecule has 6 heteroatoms. The van der Waals surface area contributed by atoms with Crippen molar-refractivity contribution in [1.29, 1.82) is 0 Å².